The summed E-state index contributed by atoms with van der Waals surface area (Å²) < 4.78 is 5.99. The average Bonchev–Trinajstić information content (AvgIpc) is 2.46. The highest BCUT2D eigenvalue weighted by Crippen LogP contribution is 2.30. The molecule has 1 aromatic heterocycles. The second kappa shape index (κ2) is 6.93. The molecule has 0 radical (unpaired) electrons. The Morgan fingerprint density at radius 2 is 2.14 bits per heavy atom. The lowest BCUT2D eigenvalue weighted by Gasteiger charge is -2.09. The Balaban J connectivity index is 2.51. The summed E-state index contributed by atoms with van der Waals surface area (Å²) >= 11 is 2.02. The summed E-state index contributed by atoms with van der Waals surface area (Å²) in [6, 6.07) is 4.93. The molecule has 0 aliphatic heterocycles. The number of phenolic OH excluding ortho intramolecular Hbond substituents is 1. The minimum atomic E-state index is -0.143. The van der Waals surface area contributed by atoms with Gasteiger partial charge in [0.1, 0.15) is 5.82 Å². The monoisotopic (exact) mass is 400 g/mol. The van der Waals surface area contributed by atoms with Gasteiger partial charge in [0.2, 0.25) is 0 Å². The van der Waals surface area contributed by atoms with Crippen LogP contribution in [0.5, 0.6) is 11.5 Å². The van der Waals surface area contributed by atoms with Gasteiger partial charge in [-0.1, -0.05) is 13.3 Å². The highest BCUT2D eigenvalue weighted by atomic mass is 127. The number of hydrogen-bond acceptors (Lipinski definition) is 4. The van der Waals surface area contributed by atoms with Crippen molar-refractivity contribution in [3.63, 3.8) is 0 Å². The van der Waals surface area contributed by atoms with Crippen molar-refractivity contribution in [1.29, 1.82) is 0 Å². The number of aromatic amines is 1. The van der Waals surface area contributed by atoms with Gasteiger partial charge in [-0.15, -0.1) is 0 Å². The van der Waals surface area contributed by atoms with Gasteiger partial charge in [0, 0.05) is 5.56 Å². The van der Waals surface area contributed by atoms with E-state index in [2.05, 4.69) is 9.97 Å². The predicted molar refractivity (Wildman–Crippen MR) is 89.8 cm³/mol. The summed E-state index contributed by atoms with van der Waals surface area (Å²) in [4.78, 5) is 19.3. The number of hydrogen-bond donors (Lipinski definition) is 2. The van der Waals surface area contributed by atoms with Crippen molar-refractivity contribution in [2.75, 3.05) is 6.61 Å². The largest absolute Gasteiger partial charge is 0.504 e. The van der Waals surface area contributed by atoms with Gasteiger partial charge in [-0.05, 0) is 54.1 Å². The number of aromatic nitrogens is 2. The van der Waals surface area contributed by atoms with Crippen LogP contribution in [0.4, 0.5) is 0 Å². The molecule has 0 aliphatic rings. The Kier molecular flexibility index (Phi) is 5.22. The minimum absolute atomic E-state index is 0.0715. The normalized spacial score (nSPS) is 10.6. The van der Waals surface area contributed by atoms with E-state index in [1.807, 2.05) is 36.4 Å². The van der Waals surface area contributed by atoms with E-state index in [0.29, 0.717) is 27.3 Å². The third-order valence-corrected chi connectivity index (χ3v) is 4.06. The summed E-state index contributed by atoms with van der Waals surface area (Å²) in [5.74, 6) is 0.945. The Morgan fingerprint density at radius 1 is 1.38 bits per heavy atom. The van der Waals surface area contributed by atoms with Crippen molar-refractivity contribution in [3.05, 3.63) is 37.8 Å². The van der Waals surface area contributed by atoms with Crippen LogP contribution in [-0.4, -0.2) is 21.7 Å². The fourth-order valence-electron chi connectivity index (χ4n) is 1.98. The molecule has 0 bridgehead atoms. The quantitative estimate of drug-likeness (QED) is 0.757. The van der Waals surface area contributed by atoms with Gasteiger partial charge in [-0.25, -0.2) is 4.98 Å². The molecule has 5 nitrogen and oxygen atoms in total. The zero-order valence-electron chi connectivity index (χ0n) is 11.9. The number of ether oxygens (including phenoxy) is 1. The van der Waals surface area contributed by atoms with Gasteiger partial charge in [0.05, 0.1) is 15.9 Å². The SMILES string of the molecule is CCCc1nc(-c2ccc(O)c(OCC)c2)[nH]c(=O)c1I. The van der Waals surface area contributed by atoms with Crippen LogP contribution in [0.15, 0.2) is 23.0 Å². The molecular formula is C15H17IN2O3. The predicted octanol–water partition coefficient (Wildman–Crippen LogP) is 3.10. The molecule has 2 aromatic rings. The number of halogens is 1. The molecule has 112 valence electrons. The van der Waals surface area contributed by atoms with Gasteiger partial charge in [-0.3, -0.25) is 4.79 Å². The molecule has 0 spiro atoms. The number of aromatic hydroxyl groups is 1. The van der Waals surface area contributed by atoms with Crippen LogP contribution in [0, 0.1) is 3.57 Å². The van der Waals surface area contributed by atoms with E-state index in [4.69, 9.17) is 4.74 Å². The van der Waals surface area contributed by atoms with Crippen LogP contribution >= 0.6 is 22.6 Å². The summed E-state index contributed by atoms with van der Waals surface area (Å²) in [7, 11) is 0. The van der Waals surface area contributed by atoms with Gasteiger partial charge in [0.25, 0.3) is 5.56 Å². The van der Waals surface area contributed by atoms with Crippen LogP contribution < -0.4 is 10.3 Å². The number of benzene rings is 1. The Morgan fingerprint density at radius 3 is 2.81 bits per heavy atom. The standard InChI is InChI=1S/C15H17IN2O3/c1-3-5-10-13(16)15(20)18-14(17-10)9-6-7-11(19)12(8-9)21-4-2/h6-8,19H,3-5H2,1-2H3,(H,17,18,20). The van der Waals surface area contributed by atoms with Gasteiger partial charge >= 0.3 is 0 Å². The lowest BCUT2D eigenvalue weighted by atomic mass is 10.1. The summed E-state index contributed by atoms with van der Waals surface area (Å²) in [5.41, 5.74) is 1.36. The van der Waals surface area contributed by atoms with Crippen molar-refractivity contribution < 1.29 is 9.84 Å². The van der Waals surface area contributed by atoms with E-state index >= 15 is 0 Å². The Bertz CT molecular complexity index is 698. The molecule has 0 saturated heterocycles. The fourth-order valence-corrected chi connectivity index (χ4v) is 2.50. The molecule has 0 amide bonds. The van der Waals surface area contributed by atoms with Crippen LogP contribution in [0.1, 0.15) is 26.0 Å². The highest BCUT2D eigenvalue weighted by molar-refractivity contribution is 14.1. The second-order valence-electron chi connectivity index (χ2n) is 4.54. The van der Waals surface area contributed by atoms with E-state index < -0.39 is 0 Å². The molecule has 0 unspecified atom stereocenters. The van der Waals surface area contributed by atoms with Gasteiger partial charge in [0.15, 0.2) is 11.5 Å². The summed E-state index contributed by atoms with van der Waals surface area (Å²) in [5, 5.41) is 9.73. The first-order valence-corrected chi connectivity index (χ1v) is 7.89. The molecular weight excluding hydrogens is 383 g/mol. The maximum absolute atomic E-state index is 12.0. The van der Waals surface area contributed by atoms with Crippen molar-refractivity contribution in [3.8, 4) is 22.9 Å². The molecule has 2 rings (SSSR count). The van der Waals surface area contributed by atoms with E-state index in [9.17, 15) is 9.90 Å². The van der Waals surface area contributed by atoms with Crippen molar-refractivity contribution in [1.82, 2.24) is 9.97 Å². The van der Waals surface area contributed by atoms with Crippen molar-refractivity contribution >= 4 is 22.6 Å². The number of nitrogens with zero attached hydrogens (tertiary/aromatic N) is 1. The molecule has 2 N–H and O–H groups in total. The maximum Gasteiger partial charge on any atom is 0.264 e. The third kappa shape index (κ3) is 3.55. The van der Waals surface area contributed by atoms with Crippen molar-refractivity contribution in [2.24, 2.45) is 0 Å². The smallest absolute Gasteiger partial charge is 0.264 e. The molecule has 1 aromatic carbocycles. The average molecular weight is 400 g/mol. The van der Waals surface area contributed by atoms with E-state index in [1.165, 1.54) is 6.07 Å². The molecule has 0 saturated carbocycles. The Hall–Kier alpha value is -1.57. The first-order valence-electron chi connectivity index (χ1n) is 6.81. The zero-order chi connectivity index (χ0) is 15.4. The minimum Gasteiger partial charge on any atom is -0.504 e. The highest BCUT2D eigenvalue weighted by Gasteiger charge is 2.11. The van der Waals surface area contributed by atoms with Crippen molar-refractivity contribution in [2.45, 2.75) is 26.7 Å². The van der Waals surface area contributed by atoms with E-state index in [-0.39, 0.29) is 11.3 Å². The second-order valence-corrected chi connectivity index (χ2v) is 5.62. The number of nitrogens with one attached hydrogen (secondary N) is 1. The van der Waals surface area contributed by atoms with Crippen LogP contribution in [0.25, 0.3) is 11.4 Å². The molecule has 21 heavy (non-hydrogen) atoms. The van der Waals surface area contributed by atoms with Gasteiger partial charge in [-0.2, -0.15) is 0 Å². The summed E-state index contributed by atoms with van der Waals surface area (Å²) in [6.45, 7) is 4.34. The number of rotatable bonds is 5. The molecule has 0 fully saturated rings. The first-order chi connectivity index (χ1) is 10.1. The summed E-state index contributed by atoms with van der Waals surface area (Å²) in [6.07, 6.45) is 1.68. The Labute approximate surface area is 136 Å². The number of H-pyrrole nitrogens is 1. The van der Waals surface area contributed by atoms with E-state index in [0.717, 1.165) is 18.5 Å². The third-order valence-electron chi connectivity index (χ3n) is 2.95. The molecule has 0 atom stereocenters. The van der Waals surface area contributed by atoms with Crippen LogP contribution in [-0.2, 0) is 6.42 Å². The lowest BCUT2D eigenvalue weighted by Crippen LogP contribution is -2.16. The molecule has 0 aliphatic carbocycles. The van der Waals surface area contributed by atoms with Crippen LogP contribution in [0.2, 0.25) is 0 Å². The zero-order valence-corrected chi connectivity index (χ0v) is 14.1. The lowest BCUT2D eigenvalue weighted by molar-refractivity contribution is 0.318. The first kappa shape index (κ1) is 15.8. The van der Waals surface area contributed by atoms with Gasteiger partial charge < -0.3 is 14.8 Å². The molecule has 6 heteroatoms. The molecule has 1 heterocycles. The number of phenols is 1. The van der Waals surface area contributed by atoms with Crippen LogP contribution in [0.3, 0.4) is 0 Å². The fraction of sp³-hybridized carbons (Fsp3) is 0.333. The topological polar surface area (TPSA) is 75.2 Å². The number of aryl methyl sites for hydroxylation is 1. The maximum atomic E-state index is 12.0. The van der Waals surface area contributed by atoms with E-state index in [1.54, 1.807) is 12.1 Å².